The van der Waals surface area contributed by atoms with E-state index in [-0.39, 0.29) is 0 Å². The molecule has 0 amide bonds. The summed E-state index contributed by atoms with van der Waals surface area (Å²) < 4.78 is 0. The van der Waals surface area contributed by atoms with Crippen molar-refractivity contribution in [1.82, 2.24) is 4.90 Å². The Kier molecular flexibility index (Phi) is 6.62. The standard InChI is InChI=1S/C20H38N2/c1-21-16-9-8-10-18(21)15-17-22(19-11-4-2-5-12-19)20-13-6-3-7-14-20/h18-20H,2-17H2,1H3/p+1. The van der Waals surface area contributed by atoms with Crippen LogP contribution in [0, 0.1) is 0 Å². The molecule has 1 N–H and O–H groups in total. The Morgan fingerprint density at radius 3 is 1.82 bits per heavy atom. The van der Waals surface area contributed by atoms with Gasteiger partial charge in [0.15, 0.2) is 0 Å². The lowest BCUT2D eigenvalue weighted by Crippen LogP contribution is -3.13. The Morgan fingerprint density at radius 2 is 1.27 bits per heavy atom. The minimum Gasteiger partial charge on any atom is -0.335 e. The molecule has 3 fully saturated rings. The van der Waals surface area contributed by atoms with Crippen molar-refractivity contribution >= 4 is 0 Å². The summed E-state index contributed by atoms with van der Waals surface area (Å²) in [6.45, 7) is 2.81. The maximum absolute atomic E-state index is 3.01. The number of nitrogens with one attached hydrogen (secondary N) is 1. The second kappa shape index (κ2) is 8.68. The minimum absolute atomic E-state index is 0.931. The maximum Gasteiger partial charge on any atom is 0.0885 e. The van der Waals surface area contributed by atoms with E-state index < -0.39 is 0 Å². The molecule has 0 aromatic rings. The molecule has 1 heterocycles. The highest BCUT2D eigenvalue weighted by molar-refractivity contribution is 4.84. The summed E-state index contributed by atoms with van der Waals surface area (Å²) in [7, 11) is 2.44. The molecular formula is C20H39N2+. The Balaban J connectivity index is 1.57. The molecule has 0 aromatic carbocycles. The van der Waals surface area contributed by atoms with Crippen molar-refractivity contribution in [3.63, 3.8) is 0 Å². The largest absolute Gasteiger partial charge is 0.335 e. The van der Waals surface area contributed by atoms with Crippen LogP contribution >= 0.6 is 0 Å². The van der Waals surface area contributed by atoms with Gasteiger partial charge in [-0.2, -0.15) is 0 Å². The fourth-order valence-corrected chi connectivity index (χ4v) is 5.43. The summed E-state index contributed by atoms with van der Waals surface area (Å²) in [5, 5.41) is 0. The zero-order valence-electron chi connectivity index (χ0n) is 15.0. The molecule has 22 heavy (non-hydrogen) atoms. The zero-order chi connectivity index (χ0) is 15.2. The quantitative estimate of drug-likeness (QED) is 0.818. The molecule has 2 saturated carbocycles. The average molecular weight is 308 g/mol. The monoisotopic (exact) mass is 307 g/mol. The van der Waals surface area contributed by atoms with E-state index in [4.69, 9.17) is 0 Å². The third-order valence-corrected chi connectivity index (χ3v) is 6.89. The summed E-state index contributed by atoms with van der Waals surface area (Å²) in [6, 6.07) is 2.81. The van der Waals surface area contributed by atoms with E-state index in [9.17, 15) is 0 Å². The Labute approximate surface area is 138 Å². The van der Waals surface area contributed by atoms with Crippen LogP contribution in [0.5, 0.6) is 0 Å². The molecule has 3 aliphatic rings. The van der Waals surface area contributed by atoms with Crippen molar-refractivity contribution in [3.8, 4) is 0 Å². The molecule has 0 radical (unpaired) electrons. The molecule has 2 nitrogen and oxygen atoms in total. The minimum atomic E-state index is 0.931. The van der Waals surface area contributed by atoms with E-state index in [0.29, 0.717) is 0 Å². The molecular weight excluding hydrogens is 268 g/mol. The van der Waals surface area contributed by atoms with Crippen LogP contribution in [0.2, 0.25) is 0 Å². The summed E-state index contributed by atoms with van der Waals surface area (Å²) >= 11 is 0. The molecule has 2 heteroatoms. The number of nitrogens with zero attached hydrogens (tertiary/aromatic N) is 1. The average Bonchev–Trinajstić information content (AvgIpc) is 2.59. The number of hydrogen-bond acceptors (Lipinski definition) is 1. The van der Waals surface area contributed by atoms with Crippen molar-refractivity contribution in [2.75, 3.05) is 20.1 Å². The Hall–Kier alpha value is -0.0800. The normalized spacial score (nSPS) is 32.5. The lowest BCUT2D eigenvalue weighted by molar-refractivity contribution is -0.911. The third-order valence-electron chi connectivity index (χ3n) is 6.89. The smallest absolute Gasteiger partial charge is 0.0885 e. The van der Waals surface area contributed by atoms with Crippen molar-refractivity contribution in [3.05, 3.63) is 0 Å². The number of quaternary nitrogens is 1. The first-order valence-corrected chi connectivity index (χ1v) is 10.4. The highest BCUT2D eigenvalue weighted by atomic mass is 15.2. The molecule has 128 valence electrons. The van der Waals surface area contributed by atoms with Crippen LogP contribution in [-0.2, 0) is 0 Å². The van der Waals surface area contributed by atoms with E-state index in [0.717, 1.165) is 18.1 Å². The van der Waals surface area contributed by atoms with Gasteiger partial charge in [-0.3, -0.25) is 4.90 Å². The number of hydrogen-bond donors (Lipinski definition) is 1. The topological polar surface area (TPSA) is 7.68 Å². The van der Waals surface area contributed by atoms with Gasteiger partial charge in [-0.05, 0) is 44.9 Å². The molecule has 2 atom stereocenters. The Bertz CT molecular complexity index is 287. The van der Waals surface area contributed by atoms with Gasteiger partial charge in [0.25, 0.3) is 0 Å². The van der Waals surface area contributed by atoms with Crippen molar-refractivity contribution < 1.29 is 4.90 Å². The fourth-order valence-electron chi connectivity index (χ4n) is 5.43. The summed E-state index contributed by atoms with van der Waals surface area (Å²) in [5.41, 5.74) is 0. The molecule has 1 aliphatic heterocycles. The van der Waals surface area contributed by atoms with Gasteiger partial charge in [0, 0.05) is 25.0 Å². The second-order valence-electron chi connectivity index (χ2n) is 8.40. The van der Waals surface area contributed by atoms with E-state index in [1.54, 1.807) is 0 Å². The summed E-state index contributed by atoms with van der Waals surface area (Å²) in [4.78, 5) is 4.83. The van der Waals surface area contributed by atoms with Gasteiger partial charge in [0.1, 0.15) is 0 Å². The molecule has 1 saturated heterocycles. The van der Waals surface area contributed by atoms with Crippen molar-refractivity contribution in [1.29, 1.82) is 0 Å². The SMILES string of the molecule is C[NH+]1CCCCC1CCN(C1CCCCC1)C1CCCCC1. The maximum atomic E-state index is 3.01. The van der Waals surface area contributed by atoms with Crippen LogP contribution < -0.4 is 4.90 Å². The van der Waals surface area contributed by atoms with Crippen LogP contribution in [-0.4, -0.2) is 43.2 Å². The van der Waals surface area contributed by atoms with Gasteiger partial charge >= 0.3 is 0 Å². The third kappa shape index (κ3) is 4.47. The van der Waals surface area contributed by atoms with Crippen LogP contribution in [0.3, 0.4) is 0 Å². The van der Waals surface area contributed by atoms with Crippen LogP contribution in [0.25, 0.3) is 0 Å². The number of likely N-dealkylation sites (tertiary alicyclic amines) is 1. The van der Waals surface area contributed by atoms with E-state index >= 15 is 0 Å². The van der Waals surface area contributed by atoms with Gasteiger partial charge in [-0.25, -0.2) is 0 Å². The molecule has 0 bridgehead atoms. The van der Waals surface area contributed by atoms with Gasteiger partial charge in [0.05, 0.1) is 19.6 Å². The van der Waals surface area contributed by atoms with Gasteiger partial charge in [0.2, 0.25) is 0 Å². The predicted octanol–water partition coefficient (Wildman–Crippen LogP) is 3.41. The van der Waals surface area contributed by atoms with Crippen LogP contribution in [0.4, 0.5) is 0 Å². The summed E-state index contributed by atoms with van der Waals surface area (Å²) in [5.74, 6) is 0. The molecule has 0 aromatic heterocycles. The predicted molar refractivity (Wildman–Crippen MR) is 94.5 cm³/mol. The highest BCUT2D eigenvalue weighted by Gasteiger charge is 2.30. The summed E-state index contributed by atoms with van der Waals surface area (Å²) in [6.07, 6.45) is 20.8. The lowest BCUT2D eigenvalue weighted by atomic mass is 9.88. The molecule has 0 spiro atoms. The van der Waals surface area contributed by atoms with E-state index in [1.807, 2.05) is 4.90 Å². The van der Waals surface area contributed by atoms with Gasteiger partial charge in [-0.15, -0.1) is 0 Å². The fraction of sp³-hybridized carbons (Fsp3) is 1.00. The first kappa shape index (κ1) is 16.8. The number of rotatable bonds is 5. The Morgan fingerprint density at radius 1 is 0.727 bits per heavy atom. The van der Waals surface area contributed by atoms with Gasteiger partial charge in [-0.1, -0.05) is 38.5 Å². The van der Waals surface area contributed by atoms with Crippen LogP contribution in [0.1, 0.15) is 89.9 Å². The van der Waals surface area contributed by atoms with E-state index in [2.05, 4.69) is 11.9 Å². The van der Waals surface area contributed by atoms with Crippen molar-refractivity contribution in [2.24, 2.45) is 0 Å². The molecule has 3 rings (SSSR count). The number of piperidine rings is 1. The second-order valence-corrected chi connectivity index (χ2v) is 8.40. The first-order chi connectivity index (χ1) is 10.8. The first-order valence-electron chi connectivity index (χ1n) is 10.4. The molecule has 2 unspecified atom stereocenters. The highest BCUT2D eigenvalue weighted by Crippen LogP contribution is 2.30. The lowest BCUT2D eigenvalue weighted by Gasteiger charge is -2.42. The zero-order valence-corrected chi connectivity index (χ0v) is 15.0. The van der Waals surface area contributed by atoms with Crippen LogP contribution in [0.15, 0.2) is 0 Å². The molecule has 2 aliphatic carbocycles. The van der Waals surface area contributed by atoms with Crippen molar-refractivity contribution in [2.45, 2.75) is 108 Å². The van der Waals surface area contributed by atoms with E-state index in [1.165, 1.54) is 103 Å². The van der Waals surface area contributed by atoms with Gasteiger partial charge < -0.3 is 4.90 Å².